The number of hydrogen-bond acceptors (Lipinski definition) is 4. The lowest BCUT2D eigenvalue weighted by Crippen LogP contribution is -2.46. The van der Waals surface area contributed by atoms with Gasteiger partial charge in [-0.3, -0.25) is 9.78 Å². The van der Waals surface area contributed by atoms with Crippen LogP contribution in [0.1, 0.15) is 19.4 Å². The first kappa shape index (κ1) is 18.4. The van der Waals surface area contributed by atoms with Crippen molar-refractivity contribution < 1.29 is 9.53 Å². The van der Waals surface area contributed by atoms with Crippen molar-refractivity contribution >= 4 is 28.8 Å². The third kappa shape index (κ3) is 4.62. The van der Waals surface area contributed by atoms with E-state index < -0.39 is 5.60 Å². The fourth-order valence-electron chi connectivity index (χ4n) is 2.39. The highest BCUT2D eigenvalue weighted by molar-refractivity contribution is 7.08. The van der Waals surface area contributed by atoms with Crippen molar-refractivity contribution in [2.75, 3.05) is 0 Å². The zero-order valence-electron chi connectivity index (χ0n) is 14.5. The third-order valence-corrected chi connectivity index (χ3v) is 4.76. The van der Waals surface area contributed by atoms with Crippen LogP contribution in [-0.2, 0) is 11.3 Å². The van der Waals surface area contributed by atoms with Crippen molar-refractivity contribution in [2.24, 2.45) is 0 Å². The number of rotatable bonds is 6. The molecule has 2 heterocycles. The maximum absolute atomic E-state index is 12.5. The van der Waals surface area contributed by atoms with Crippen molar-refractivity contribution in [1.29, 1.82) is 0 Å². The summed E-state index contributed by atoms with van der Waals surface area (Å²) in [5.41, 5.74) is 1.96. The molecule has 1 aromatic carbocycles. The molecule has 3 aromatic rings. The predicted molar refractivity (Wildman–Crippen MR) is 106 cm³/mol. The normalized spacial score (nSPS) is 11.2. The number of halogens is 1. The number of amides is 1. The van der Waals surface area contributed by atoms with Crippen LogP contribution in [0.4, 0.5) is 0 Å². The highest BCUT2D eigenvalue weighted by Gasteiger charge is 2.29. The lowest BCUT2D eigenvalue weighted by atomic mass is 10.1. The highest BCUT2D eigenvalue weighted by atomic mass is 35.5. The number of nitrogens with one attached hydrogen (secondary N) is 1. The van der Waals surface area contributed by atoms with E-state index in [0.29, 0.717) is 17.3 Å². The molecule has 3 rings (SSSR count). The summed E-state index contributed by atoms with van der Waals surface area (Å²) in [4.78, 5) is 16.9. The van der Waals surface area contributed by atoms with Gasteiger partial charge in [-0.1, -0.05) is 11.6 Å². The summed E-state index contributed by atoms with van der Waals surface area (Å²) < 4.78 is 5.81. The summed E-state index contributed by atoms with van der Waals surface area (Å²) >= 11 is 7.50. The number of carbonyl (C=O) groups is 1. The number of carbonyl (C=O) groups excluding carboxylic acids is 1. The fourth-order valence-corrected chi connectivity index (χ4v) is 3.17. The van der Waals surface area contributed by atoms with Gasteiger partial charge in [0.2, 0.25) is 0 Å². The van der Waals surface area contributed by atoms with E-state index in [4.69, 9.17) is 16.3 Å². The molecule has 4 nitrogen and oxygen atoms in total. The Hall–Kier alpha value is -2.37. The molecule has 0 aliphatic rings. The summed E-state index contributed by atoms with van der Waals surface area (Å²) in [6.07, 6.45) is 1.75. The number of ether oxygens (including phenoxy) is 1. The van der Waals surface area contributed by atoms with Crippen LogP contribution in [0, 0.1) is 0 Å². The third-order valence-electron chi connectivity index (χ3n) is 3.83. The van der Waals surface area contributed by atoms with E-state index in [0.717, 1.165) is 16.8 Å². The Bertz CT molecular complexity index is 877. The fraction of sp³-hybridized carbons (Fsp3) is 0.200. The molecule has 134 valence electrons. The minimum absolute atomic E-state index is 0.193. The number of nitrogens with zero attached hydrogens (tertiary/aromatic N) is 1. The first-order chi connectivity index (χ1) is 12.4. The van der Waals surface area contributed by atoms with Gasteiger partial charge in [-0.25, -0.2) is 0 Å². The maximum Gasteiger partial charge on any atom is 0.263 e. The van der Waals surface area contributed by atoms with Crippen molar-refractivity contribution in [3.8, 4) is 17.0 Å². The van der Waals surface area contributed by atoms with E-state index in [1.165, 1.54) is 0 Å². The molecule has 0 saturated carbocycles. The molecule has 0 unspecified atom stereocenters. The number of hydrogen-bond donors (Lipinski definition) is 1. The summed E-state index contributed by atoms with van der Waals surface area (Å²) in [5, 5.41) is 7.62. The van der Waals surface area contributed by atoms with Crippen molar-refractivity contribution in [3.05, 3.63) is 70.0 Å². The molecule has 0 atom stereocenters. The van der Waals surface area contributed by atoms with Crippen LogP contribution >= 0.6 is 22.9 Å². The van der Waals surface area contributed by atoms with Gasteiger partial charge in [0.1, 0.15) is 5.75 Å². The summed E-state index contributed by atoms with van der Waals surface area (Å²) in [6, 6.07) is 12.8. The molecule has 0 bridgehead atoms. The van der Waals surface area contributed by atoms with Gasteiger partial charge in [-0.15, -0.1) is 0 Å². The van der Waals surface area contributed by atoms with Crippen LogP contribution < -0.4 is 10.1 Å². The van der Waals surface area contributed by atoms with E-state index in [2.05, 4.69) is 10.3 Å². The highest BCUT2D eigenvalue weighted by Crippen LogP contribution is 2.22. The quantitative estimate of drug-likeness (QED) is 0.653. The van der Waals surface area contributed by atoms with E-state index in [1.54, 1.807) is 55.6 Å². The van der Waals surface area contributed by atoms with Crippen LogP contribution in [0.5, 0.6) is 5.75 Å². The summed E-state index contributed by atoms with van der Waals surface area (Å²) in [6.45, 7) is 3.88. The molecule has 1 N–H and O–H groups in total. The van der Waals surface area contributed by atoms with Crippen molar-refractivity contribution in [1.82, 2.24) is 10.3 Å². The van der Waals surface area contributed by atoms with Crippen LogP contribution in [0.3, 0.4) is 0 Å². The van der Waals surface area contributed by atoms with Gasteiger partial charge in [0.15, 0.2) is 5.60 Å². The smallest absolute Gasteiger partial charge is 0.263 e. The zero-order valence-corrected chi connectivity index (χ0v) is 16.1. The summed E-state index contributed by atoms with van der Waals surface area (Å²) in [5.74, 6) is 0.402. The average molecular weight is 387 g/mol. The molecule has 0 spiro atoms. The van der Waals surface area contributed by atoms with Gasteiger partial charge in [0.05, 0.1) is 5.69 Å². The van der Waals surface area contributed by atoms with Crippen LogP contribution in [0.15, 0.2) is 59.4 Å². The van der Waals surface area contributed by atoms with Gasteiger partial charge in [-0.05, 0) is 67.3 Å². The molecule has 0 saturated heterocycles. The average Bonchev–Trinajstić information content (AvgIpc) is 3.16. The second kappa shape index (κ2) is 7.89. The van der Waals surface area contributed by atoms with Gasteiger partial charge < -0.3 is 10.1 Å². The predicted octanol–water partition coefficient (Wildman–Crippen LogP) is 4.94. The molecule has 0 fully saturated rings. The number of benzene rings is 1. The Morgan fingerprint density at radius 1 is 1.23 bits per heavy atom. The van der Waals surface area contributed by atoms with Crippen LogP contribution in [0.2, 0.25) is 5.02 Å². The minimum Gasteiger partial charge on any atom is -0.478 e. The number of pyridine rings is 1. The number of thiophene rings is 1. The minimum atomic E-state index is -1.00. The van der Waals surface area contributed by atoms with Crippen molar-refractivity contribution in [2.45, 2.75) is 26.0 Å². The first-order valence-electron chi connectivity index (χ1n) is 8.14. The molecular weight excluding hydrogens is 368 g/mol. The van der Waals surface area contributed by atoms with Crippen LogP contribution in [-0.4, -0.2) is 16.5 Å². The van der Waals surface area contributed by atoms with Crippen LogP contribution in [0.25, 0.3) is 11.3 Å². The SMILES string of the molecule is CC(C)(Oc1ccc(Cl)cc1)C(=O)NCc1ccnc(-c2ccsc2)c1. The molecule has 2 aromatic heterocycles. The van der Waals surface area contributed by atoms with E-state index in [-0.39, 0.29) is 5.91 Å². The Kier molecular flexibility index (Phi) is 5.59. The second-order valence-electron chi connectivity index (χ2n) is 6.31. The Labute approximate surface area is 161 Å². The van der Waals surface area contributed by atoms with Gasteiger partial charge in [0, 0.05) is 28.7 Å². The molecular formula is C20H19ClN2O2S. The standard InChI is InChI=1S/C20H19ClN2O2S/c1-20(2,25-17-5-3-16(21)4-6-17)19(24)23-12-14-7-9-22-18(11-14)15-8-10-26-13-15/h3-11,13H,12H2,1-2H3,(H,23,24). The molecule has 6 heteroatoms. The molecule has 1 amide bonds. The first-order valence-corrected chi connectivity index (χ1v) is 9.46. The lowest BCUT2D eigenvalue weighted by molar-refractivity contribution is -0.134. The largest absolute Gasteiger partial charge is 0.478 e. The lowest BCUT2D eigenvalue weighted by Gasteiger charge is -2.25. The monoisotopic (exact) mass is 386 g/mol. The second-order valence-corrected chi connectivity index (χ2v) is 7.53. The van der Waals surface area contributed by atoms with Gasteiger partial charge >= 0.3 is 0 Å². The summed E-state index contributed by atoms with van der Waals surface area (Å²) in [7, 11) is 0. The zero-order chi connectivity index (χ0) is 18.6. The topological polar surface area (TPSA) is 51.2 Å². The Balaban J connectivity index is 1.62. The Morgan fingerprint density at radius 2 is 2.00 bits per heavy atom. The maximum atomic E-state index is 12.5. The Morgan fingerprint density at radius 3 is 2.69 bits per heavy atom. The molecule has 26 heavy (non-hydrogen) atoms. The van der Waals surface area contributed by atoms with E-state index >= 15 is 0 Å². The molecule has 0 aliphatic carbocycles. The molecule has 0 radical (unpaired) electrons. The van der Waals surface area contributed by atoms with E-state index in [1.807, 2.05) is 29.0 Å². The van der Waals surface area contributed by atoms with Crippen molar-refractivity contribution in [3.63, 3.8) is 0 Å². The van der Waals surface area contributed by atoms with E-state index in [9.17, 15) is 4.79 Å². The molecule has 0 aliphatic heterocycles. The van der Waals surface area contributed by atoms with Gasteiger partial charge in [0.25, 0.3) is 5.91 Å². The number of aromatic nitrogens is 1. The van der Waals surface area contributed by atoms with Gasteiger partial charge in [-0.2, -0.15) is 11.3 Å².